The van der Waals surface area contributed by atoms with E-state index in [1.807, 2.05) is 62.4 Å². The molecule has 0 amide bonds. The van der Waals surface area contributed by atoms with Crippen molar-refractivity contribution < 1.29 is 9.53 Å². The third-order valence-corrected chi connectivity index (χ3v) is 5.41. The van der Waals surface area contributed by atoms with Crippen LogP contribution in [0.1, 0.15) is 37.8 Å². The normalized spacial score (nSPS) is 23.5. The number of rotatable bonds is 6. The largest absolute Gasteiger partial charge is 0.468 e. The number of halogens is 1. The Morgan fingerprint density at radius 1 is 1.15 bits per heavy atom. The number of hydrogen-bond donors (Lipinski definition) is 1. The molecule has 142 valence electrons. The summed E-state index contributed by atoms with van der Waals surface area (Å²) in [6.45, 7) is 3.88. The second-order valence-electron chi connectivity index (χ2n) is 6.82. The molecule has 0 bridgehead atoms. The topological polar surface area (TPSA) is 64.7 Å². The smallest absolute Gasteiger partial charge is 0.205 e. The highest BCUT2D eigenvalue weighted by Crippen LogP contribution is 2.40. The van der Waals surface area contributed by atoms with Crippen LogP contribution in [0.3, 0.4) is 0 Å². The Morgan fingerprint density at radius 3 is 2.44 bits per heavy atom. The van der Waals surface area contributed by atoms with Gasteiger partial charge in [-0.25, -0.2) is 4.99 Å². The number of aliphatic imine (C=N–C) groups is 1. The molecule has 5 heteroatoms. The lowest BCUT2D eigenvalue weighted by atomic mass is 9.80. The minimum absolute atomic E-state index is 0.0590. The SMILES string of the molecule is CCC1OC([C@@H](N)Cc2ccccc2)=NC(CC)(c2ccccc2Cl)C1=O. The summed E-state index contributed by atoms with van der Waals surface area (Å²) in [5, 5.41) is 0.532. The predicted molar refractivity (Wildman–Crippen MR) is 109 cm³/mol. The third-order valence-electron chi connectivity index (χ3n) is 5.08. The second kappa shape index (κ2) is 8.24. The molecule has 1 heterocycles. The summed E-state index contributed by atoms with van der Waals surface area (Å²) in [6, 6.07) is 16.9. The van der Waals surface area contributed by atoms with Gasteiger partial charge in [0, 0.05) is 10.6 Å². The van der Waals surface area contributed by atoms with Gasteiger partial charge in [-0.15, -0.1) is 0 Å². The molecule has 27 heavy (non-hydrogen) atoms. The lowest BCUT2D eigenvalue weighted by molar-refractivity contribution is -0.134. The Labute approximate surface area is 165 Å². The summed E-state index contributed by atoms with van der Waals surface area (Å²) >= 11 is 6.45. The molecule has 0 aliphatic carbocycles. The zero-order chi connectivity index (χ0) is 19.4. The molecule has 1 aliphatic rings. The van der Waals surface area contributed by atoms with Crippen molar-refractivity contribution in [1.82, 2.24) is 0 Å². The average molecular weight is 385 g/mol. The highest BCUT2D eigenvalue weighted by Gasteiger charge is 2.48. The molecular formula is C22H25ClN2O2. The van der Waals surface area contributed by atoms with Crippen molar-refractivity contribution in [2.24, 2.45) is 10.7 Å². The van der Waals surface area contributed by atoms with Gasteiger partial charge >= 0.3 is 0 Å². The number of carbonyl (C=O) groups excluding carboxylic acids is 1. The maximum Gasteiger partial charge on any atom is 0.205 e. The van der Waals surface area contributed by atoms with Crippen molar-refractivity contribution in [2.75, 3.05) is 0 Å². The number of nitrogens with zero attached hydrogens (tertiary/aromatic N) is 1. The van der Waals surface area contributed by atoms with E-state index in [1.165, 1.54) is 0 Å². The van der Waals surface area contributed by atoms with Gasteiger partial charge in [0.1, 0.15) is 0 Å². The molecule has 0 aromatic heterocycles. The molecule has 2 unspecified atom stereocenters. The molecule has 0 radical (unpaired) electrons. The van der Waals surface area contributed by atoms with Gasteiger partial charge in [-0.05, 0) is 30.9 Å². The maximum absolute atomic E-state index is 13.3. The second-order valence-corrected chi connectivity index (χ2v) is 7.23. The van der Waals surface area contributed by atoms with Gasteiger partial charge in [-0.3, -0.25) is 4.79 Å². The van der Waals surface area contributed by atoms with Crippen LogP contribution in [0.2, 0.25) is 5.02 Å². The highest BCUT2D eigenvalue weighted by molar-refractivity contribution is 6.32. The quantitative estimate of drug-likeness (QED) is 0.807. The van der Waals surface area contributed by atoms with E-state index in [2.05, 4.69) is 0 Å². The van der Waals surface area contributed by atoms with Crippen LogP contribution >= 0.6 is 11.6 Å². The van der Waals surface area contributed by atoms with E-state index in [-0.39, 0.29) is 5.78 Å². The van der Waals surface area contributed by atoms with Gasteiger partial charge < -0.3 is 10.5 Å². The Morgan fingerprint density at radius 2 is 1.81 bits per heavy atom. The van der Waals surface area contributed by atoms with Crippen molar-refractivity contribution >= 4 is 23.3 Å². The molecule has 4 nitrogen and oxygen atoms in total. The van der Waals surface area contributed by atoms with E-state index in [0.717, 1.165) is 5.56 Å². The van der Waals surface area contributed by atoms with Crippen molar-refractivity contribution in [3.05, 3.63) is 70.7 Å². The summed E-state index contributed by atoms with van der Waals surface area (Å²) in [5.41, 5.74) is 7.19. The number of Topliss-reactive ketones (excluding diaryl/α,β-unsaturated/α-hetero) is 1. The van der Waals surface area contributed by atoms with E-state index in [9.17, 15) is 4.79 Å². The lowest BCUT2D eigenvalue weighted by Crippen LogP contribution is -2.51. The molecule has 3 atom stereocenters. The number of ketones is 1. The van der Waals surface area contributed by atoms with Gasteiger partial charge in [-0.2, -0.15) is 0 Å². The standard InChI is InChI=1S/C22H25ClN2O2/c1-3-19-20(26)22(4-2,16-12-8-9-13-17(16)23)25-21(27-19)18(24)14-15-10-6-5-7-11-15/h5-13,18-19H,3-4,14,24H2,1-2H3/t18-,19?,22?/m0/s1. The van der Waals surface area contributed by atoms with E-state index < -0.39 is 17.7 Å². The summed E-state index contributed by atoms with van der Waals surface area (Å²) in [4.78, 5) is 18.0. The van der Waals surface area contributed by atoms with Gasteiger partial charge in [0.15, 0.2) is 11.6 Å². The fourth-order valence-corrected chi connectivity index (χ4v) is 3.85. The zero-order valence-electron chi connectivity index (χ0n) is 15.7. The Hall–Kier alpha value is -2.17. The molecule has 2 N–H and O–H groups in total. The first-order valence-electron chi connectivity index (χ1n) is 9.37. The van der Waals surface area contributed by atoms with Gasteiger partial charge in [0.25, 0.3) is 0 Å². The Kier molecular flexibility index (Phi) is 5.98. The van der Waals surface area contributed by atoms with Crippen LogP contribution in [-0.2, 0) is 21.5 Å². The summed E-state index contributed by atoms with van der Waals surface area (Å²) in [6.07, 6.45) is 1.07. The van der Waals surface area contributed by atoms with Crippen molar-refractivity contribution in [2.45, 2.75) is 50.8 Å². The molecular weight excluding hydrogens is 360 g/mol. The molecule has 0 fully saturated rings. The molecule has 3 rings (SSSR count). The number of hydrogen-bond acceptors (Lipinski definition) is 4. The van der Waals surface area contributed by atoms with E-state index in [1.54, 1.807) is 6.07 Å². The van der Waals surface area contributed by atoms with Crippen molar-refractivity contribution in [3.8, 4) is 0 Å². The van der Waals surface area contributed by atoms with Crippen LogP contribution in [0.4, 0.5) is 0 Å². The van der Waals surface area contributed by atoms with Gasteiger partial charge in [0.2, 0.25) is 11.7 Å². The molecule has 0 spiro atoms. The fourth-order valence-electron chi connectivity index (χ4n) is 3.56. The number of carbonyl (C=O) groups is 1. The monoisotopic (exact) mass is 384 g/mol. The zero-order valence-corrected chi connectivity index (χ0v) is 16.4. The number of benzene rings is 2. The van der Waals surface area contributed by atoms with E-state index >= 15 is 0 Å². The van der Waals surface area contributed by atoms with Crippen LogP contribution < -0.4 is 5.73 Å². The predicted octanol–water partition coefficient (Wildman–Crippen LogP) is 4.29. The van der Waals surface area contributed by atoms with Crippen LogP contribution in [0, 0.1) is 0 Å². The lowest BCUT2D eigenvalue weighted by Gasteiger charge is -2.38. The first kappa shape index (κ1) is 19.6. The minimum atomic E-state index is -1.05. The third kappa shape index (κ3) is 3.78. The summed E-state index contributed by atoms with van der Waals surface area (Å²) in [7, 11) is 0. The Bertz CT molecular complexity index is 837. The minimum Gasteiger partial charge on any atom is -0.468 e. The van der Waals surface area contributed by atoms with E-state index in [0.29, 0.717) is 35.7 Å². The molecule has 2 aromatic carbocycles. The average Bonchev–Trinajstić information content (AvgIpc) is 2.69. The number of ether oxygens (including phenoxy) is 1. The fraction of sp³-hybridized carbons (Fsp3) is 0.364. The highest BCUT2D eigenvalue weighted by atomic mass is 35.5. The first-order valence-corrected chi connectivity index (χ1v) is 9.74. The van der Waals surface area contributed by atoms with Crippen LogP contribution in [0.5, 0.6) is 0 Å². The van der Waals surface area contributed by atoms with Gasteiger partial charge in [-0.1, -0.05) is 74.0 Å². The molecule has 0 saturated carbocycles. The van der Waals surface area contributed by atoms with Crippen LogP contribution in [0.15, 0.2) is 59.6 Å². The van der Waals surface area contributed by atoms with Crippen LogP contribution in [0.25, 0.3) is 0 Å². The molecule has 2 aromatic rings. The van der Waals surface area contributed by atoms with Crippen molar-refractivity contribution in [1.29, 1.82) is 0 Å². The molecule has 0 saturated heterocycles. The number of nitrogens with two attached hydrogens (primary N) is 1. The summed E-state index contributed by atoms with van der Waals surface area (Å²) < 4.78 is 5.93. The van der Waals surface area contributed by atoms with Crippen LogP contribution in [-0.4, -0.2) is 23.8 Å². The van der Waals surface area contributed by atoms with Gasteiger partial charge in [0.05, 0.1) is 6.04 Å². The summed E-state index contributed by atoms with van der Waals surface area (Å²) in [5.74, 6) is 0.364. The first-order chi connectivity index (χ1) is 13.0. The molecule has 1 aliphatic heterocycles. The van der Waals surface area contributed by atoms with Crippen molar-refractivity contribution in [3.63, 3.8) is 0 Å². The Balaban J connectivity index is 2.04. The maximum atomic E-state index is 13.3. The van der Waals surface area contributed by atoms with E-state index in [4.69, 9.17) is 27.1 Å².